The van der Waals surface area contributed by atoms with Crippen LogP contribution in [0.5, 0.6) is 0 Å². The van der Waals surface area contributed by atoms with Crippen molar-refractivity contribution in [3.63, 3.8) is 0 Å². The van der Waals surface area contributed by atoms with Gasteiger partial charge in [-0.2, -0.15) is 0 Å². The van der Waals surface area contributed by atoms with Crippen molar-refractivity contribution < 1.29 is 14.8 Å². The topological polar surface area (TPSA) is 44.6 Å². The quantitative estimate of drug-likeness (QED) is 0.183. The monoisotopic (exact) mass is 543 g/mol. The van der Waals surface area contributed by atoms with Crippen molar-refractivity contribution in [2.24, 2.45) is 0 Å². The number of carboxylic acids is 1. The van der Waals surface area contributed by atoms with E-state index in [1.807, 2.05) is 6.07 Å². The minimum absolute atomic E-state index is 0.321. The van der Waals surface area contributed by atoms with Gasteiger partial charge in [-0.25, -0.2) is 0 Å². The summed E-state index contributed by atoms with van der Waals surface area (Å²) in [6, 6.07) is 6.30. The maximum Gasteiger partial charge on any atom is 0.0911 e. The summed E-state index contributed by atoms with van der Waals surface area (Å²) < 4.78 is 0.752. The predicted molar refractivity (Wildman–Crippen MR) is 139 cm³/mol. The van der Waals surface area contributed by atoms with Crippen molar-refractivity contribution in [2.75, 3.05) is 14.1 Å². The van der Waals surface area contributed by atoms with Gasteiger partial charge in [0, 0.05) is 15.6 Å². The highest BCUT2D eigenvalue weighted by Gasteiger charge is 2.16. The van der Waals surface area contributed by atoms with Gasteiger partial charge in [-0.3, -0.25) is 0 Å². The number of nitrogens with one attached hydrogen (secondary N) is 1. The SMILES string of the molecule is CCCCCCCCCCCCCCCCC(Cc1ccc(I)c(C(=O)[O-])c1)[NH+](C)C. The van der Waals surface area contributed by atoms with Crippen LogP contribution >= 0.6 is 22.6 Å². The van der Waals surface area contributed by atoms with Gasteiger partial charge in [0.15, 0.2) is 0 Å². The number of likely N-dealkylation sites (N-methyl/N-ethyl adjacent to an activating group) is 1. The second kappa shape index (κ2) is 17.9. The Morgan fingerprint density at radius 1 is 0.871 bits per heavy atom. The van der Waals surface area contributed by atoms with E-state index >= 15 is 0 Å². The number of aromatic carboxylic acids is 1. The lowest BCUT2D eigenvalue weighted by atomic mass is 9.97. The summed E-state index contributed by atoms with van der Waals surface area (Å²) in [7, 11) is 4.42. The van der Waals surface area contributed by atoms with Gasteiger partial charge < -0.3 is 14.8 Å². The molecular weight excluding hydrogens is 497 g/mol. The van der Waals surface area contributed by atoms with Gasteiger partial charge in [0.25, 0.3) is 0 Å². The average Bonchev–Trinajstić information content (AvgIpc) is 2.73. The van der Waals surface area contributed by atoms with Crippen LogP contribution in [0.2, 0.25) is 0 Å². The van der Waals surface area contributed by atoms with Gasteiger partial charge in [-0.15, -0.1) is 0 Å². The minimum Gasteiger partial charge on any atom is -0.545 e. The molecule has 3 nitrogen and oxygen atoms in total. The Bertz CT molecular complexity index is 603. The lowest BCUT2D eigenvalue weighted by Crippen LogP contribution is -3.10. The highest BCUT2D eigenvalue weighted by Crippen LogP contribution is 2.17. The van der Waals surface area contributed by atoms with Crippen LogP contribution in [0.1, 0.15) is 119 Å². The molecule has 0 aliphatic heterocycles. The van der Waals surface area contributed by atoms with Gasteiger partial charge >= 0.3 is 0 Å². The number of carboxylic acid groups (broad SMARTS) is 1. The summed E-state index contributed by atoms with van der Waals surface area (Å²) in [5.41, 5.74) is 1.43. The van der Waals surface area contributed by atoms with Crippen molar-refractivity contribution in [1.29, 1.82) is 0 Å². The molecule has 1 unspecified atom stereocenters. The van der Waals surface area contributed by atoms with Crippen LogP contribution in [0.15, 0.2) is 18.2 Å². The lowest BCUT2D eigenvalue weighted by molar-refractivity contribution is -0.886. The molecule has 31 heavy (non-hydrogen) atoms. The third-order valence-corrected chi connectivity index (χ3v) is 7.40. The number of rotatable bonds is 19. The Morgan fingerprint density at radius 2 is 1.35 bits per heavy atom. The van der Waals surface area contributed by atoms with E-state index in [1.165, 1.54) is 101 Å². The van der Waals surface area contributed by atoms with E-state index in [0.717, 1.165) is 15.6 Å². The number of hydrogen-bond acceptors (Lipinski definition) is 2. The number of halogens is 1. The summed E-state index contributed by atoms with van der Waals surface area (Å²) in [6.45, 7) is 2.28. The van der Waals surface area contributed by atoms with Crippen molar-refractivity contribution >= 4 is 28.6 Å². The number of unbranched alkanes of at least 4 members (excludes halogenated alkanes) is 13. The van der Waals surface area contributed by atoms with Crippen LogP contribution in [0.25, 0.3) is 0 Å². The maximum atomic E-state index is 11.3. The Morgan fingerprint density at radius 3 is 1.81 bits per heavy atom. The number of quaternary nitrogens is 1. The molecular formula is C27H46INO2. The molecule has 1 aromatic carbocycles. The molecule has 0 radical (unpaired) electrons. The fourth-order valence-corrected chi connectivity index (χ4v) is 4.88. The molecule has 0 saturated carbocycles. The third kappa shape index (κ3) is 13.5. The van der Waals surface area contributed by atoms with Gasteiger partial charge in [0.05, 0.1) is 26.1 Å². The third-order valence-electron chi connectivity index (χ3n) is 6.46. The fourth-order valence-electron chi connectivity index (χ4n) is 4.32. The van der Waals surface area contributed by atoms with Crippen LogP contribution in [0.4, 0.5) is 0 Å². The van der Waals surface area contributed by atoms with Gasteiger partial charge in [-0.05, 0) is 53.1 Å². The Balaban J connectivity index is 2.13. The number of carbonyl (C=O) groups is 1. The minimum atomic E-state index is -1.08. The maximum absolute atomic E-state index is 11.3. The molecule has 0 heterocycles. The molecule has 0 amide bonds. The second-order valence-corrected chi connectivity index (χ2v) is 10.6. The lowest BCUT2D eigenvalue weighted by Gasteiger charge is -2.22. The van der Waals surface area contributed by atoms with Gasteiger partial charge in [0.1, 0.15) is 0 Å². The first-order valence-corrected chi connectivity index (χ1v) is 13.8. The van der Waals surface area contributed by atoms with Crippen molar-refractivity contribution in [3.8, 4) is 0 Å². The molecule has 1 aromatic rings. The highest BCUT2D eigenvalue weighted by molar-refractivity contribution is 14.1. The molecule has 0 bridgehead atoms. The first-order chi connectivity index (χ1) is 15.0. The molecule has 1 atom stereocenters. The van der Waals surface area contributed by atoms with Crippen molar-refractivity contribution in [3.05, 3.63) is 32.9 Å². The molecule has 0 fully saturated rings. The predicted octanol–water partition coefficient (Wildman–Crippen LogP) is 5.58. The van der Waals surface area contributed by atoms with E-state index in [9.17, 15) is 9.90 Å². The number of hydrogen-bond donors (Lipinski definition) is 1. The van der Waals surface area contributed by atoms with E-state index in [-0.39, 0.29) is 0 Å². The van der Waals surface area contributed by atoms with Crippen LogP contribution in [-0.2, 0) is 6.42 Å². The largest absolute Gasteiger partial charge is 0.545 e. The molecule has 0 spiro atoms. The van der Waals surface area contributed by atoms with Crippen LogP contribution in [0.3, 0.4) is 0 Å². The zero-order valence-corrected chi connectivity index (χ0v) is 22.5. The molecule has 0 aliphatic carbocycles. The Hall–Kier alpha value is -0.620. The van der Waals surface area contributed by atoms with E-state index < -0.39 is 5.97 Å². The Labute approximate surface area is 205 Å². The van der Waals surface area contributed by atoms with Gasteiger partial charge in [0.2, 0.25) is 0 Å². The zero-order chi connectivity index (χ0) is 22.9. The molecule has 178 valence electrons. The summed E-state index contributed by atoms with van der Waals surface area (Å²) >= 11 is 2.07. The van der Waals surface area contributed by atoms with Crippen LogP contribution in [-0.4, -0.2) is 26.1 Å². The fraction of sp³-hybridized carbons (Fsp3) is 0.741. The zero-order valence-electron chi connectivity index (χ0n) is 20.3. The standard InChI is InChI=1S/C27H46INO2/c1-4-5-6-7-8-9-10-11-12-13-14-15-16-17-18-24(29(2)3)21-23-19-20-26(28)25(22-23)27(30)31/h19-20,22,24H,4-18,21H2,1-3H3,(H,30,31). The summed E-state index contributed by atoms with van der Waals surface area (Å²) in [4.78, 5) is 12.7. The first-order valence-electron chi connectivity index (χ1n) is 12.8. The average molecular weight is 544 g/mol. The van der Waals surface area contributed by atoms with Crippen LogP contribution < -0.4 is 10.0 Å². The van der Waals surface area contributed by atoms with Crippen molar-refractivity contribution in [2.45, 2.75) is 116 Å². The summed E-state index contributed by atoms with van der Waals surface area (Å²) in [5.74, 6) is -1.08. The Kier molecular flexibility index (Phi) is 16.4. The van der Waals surface area contributed by atoms with E-state index in [0.29, 0.717) is 11.6 Å². The van der Waals surface area contributed by atoms with E-state index in [1.54, 1.807) is 6.07 Å². The first kappa shape index (κ1) is 28.4. The normalized spacial score (nSPS) is 12.4. The molecule has 1 N–H and O–H groups in total. The molecule has 1 rings (SSSR count). The molecule has 0 saturated heterocycles. The second-order valence-electron chi connectivity index (χ2n) is 9.46. The number of benzene rings is 1. The molecule has 0 aliphatic rings. The summed E-state index contributed by atoms with van der Waals surface area (Å²) in [6.07, 6.45) is 21.6. The highest BCUT2D eigenvalue weighted by atomic mass is 127. The van der Waals surface area contributed by atoms with Crippen LogP contribution in [0, 0.1) is 3.57 Å². The smallest absolute Gasteiger partial charge is 0.0911 e. The number of carbonyl (C=O) groups excluding carboxylic acids is 1. The van der Waals surface area contributed by atoms with Gasteiger partial charge in [-0.1, -0.05) is 96.5 Å². The van der Waals surface area contributed by atoms with E-state index in [4.69, 9.17) is 0 Å². The molecule has 0 aromatic heterocycles. The molecule has 4 heteroatoms. The van der Waals surface area contributed by atoms with E-state index in [2.05, 4.69) is 49.7 Å². The summed E-state index contributed by atoms with van der Waals surface area (Å²) in [5, 5.41) is 11.3. The van der Waals surface area contributed by atoms with Crippen molar-refractivity contribution in [1.82, 2.24) is 0 Å².